The summed E-state index contributed by atoms with van der Waals surface area (Å²) in [7, 11) is 0. The Bertz CT molecular complexity index is 560. The van der Waals surface area contributed by atoms with Crippen molar-refractivity contribution in [3.8, 4) is 0 Å². The summed E-state index contributed by atoms with van der Waals surface area (Å²) in [6.45, 7) is 2.05. The second-order valence-corrected chi connectivity index (χ2v) is 6.72. The van der Waals surface area contributed by atoms with E-state index in [9.17, 15) is 0 Å². The number of nitrogens with one attached hydrogen (secondary N) is 1. The first-order valence-corrected chi connectivity index (χ1v) is 8.05. The topological polar surface area (TPSA) is 50.9 Å². The summed E-state index contributed by atoms with van der Waals surface area (Å²) in [4.78, 5) is 4.59. The van der Waals surface area contributed by atoms with Gasteiger partial charge in [-0.25, -0.2) is 4.98 Å². The van der Waals surface area contributed by atoms with Crippen molar-refractivity contribution in [2.45, 2.75) is 44.1 Å². The normalized spacial score (nSPS) is 18.5. The van der Waals surface area contributed by atoms with Crippen LogP contribution in [0.2, 0.25) is 0 Å². The second-order valence-electron chi connectivity index (χ2n) is 5.66. The number of rotatable bonds is 5. The molecule has 1 aliphatic rings. The van der Waals surface area contributed by atoms with Crippen LogP contribution in [-0.2, 0) is 11.8 Å². The third-order valence-corrected chi connectivity index (χ3v) is 5.36. The lowest BCUT2D eigenvalue weighted by Crippen LogP contribution is -2.56. The van der Waals surface area contributed by atoms with Crippen molar-refractivity contribution in [1.82, 2.24) is 10.4 Å². The van der Waals surface area contributed by atoms with Crippen LogP contribution in [0, 0.1) is 6.92 Å². The van der Waals surface area contributed by atoms with E-state index in [2.05, 4.69) is 53.0 Å². The molecule has 0 spiro atoms. The number of nitrogens with two attached hydrogens (primary N) is 1. The van der Waals surface area contributed by atoms with Gasteiger partial charge in [-0.1, -0.05) is 36.8 Å². The highest BCUT2D eigenvalue weighted by atomic mass is 32.1. The molecule has 0 aliphatic heterocycles. The maximum absolute atomic E-state index is 5.89. The Morgan fingerprint density at radius 2 is 2.10 bits per heavy atom. The van der Waals surface area contributed by atoms with Gasteiger partial charge in [-0.3, -0.25) is 11.3 Å². The predicted molar refractivity (Wildman–Crippen MR) is 83.6 cm³/mol. The summed E-state index contributed by atoms with van der Waals surface area (Å²) in [6, 6.07) is 11.0. The van der Waals surface area contributed by atoms with Crippen molar-refractivity contribution in [1.29, 1.82) is 0 Å². The molecule has 1 heterocycles. The minimum Gasteiger partial charge on any atom is -0.271 e. The van der Waals surface area contributed by atoms with Crippen molar-refractivity contribution in [2.24, 2.45) is 5.84 Å². The average molecular weight is 287 g/mol. The summed E-state index contributed by atoms with van der Waals surface area (Å²) in [5, 5.41) is 3.27. The molecule has 1 aromatic heterocycles. The van der Waals surface area contributed by atoms with Gasteiger partial charge in [-0.05, 0) is 25.3 Å². The first kappa shape index (κ1) is 13.7. The fourth-order valence-corrected chi connectivity index (χ4v) is 3.92. The van der Waals surface area contributed by atoms with E-state index < -0.39 is 0 Å². The summed E-state index contributed by atoms with van der Waals surface area (Å²) in [6.07, 6.45) is 4.59. The minimum absolute atomic E-state index is 0.174. The lowest BCUT2D eigenvalue weighted by atomic mass is 9.59. The molecule has 0 radical (unpaired) electrons. The number of aryl methyl sites for hydroxylation is 1. The van der Waals surface area contributed by atoms with Crippen LogP contribution in [0.1, 0.15) is 35.5 Å². The van der Waals surface area contributed by atoms with Gasteiger partial charge in [0.1, 0.15) is 0 Å². The molecular formula is C16H21N3S. The summed E-state index contributed by atoms with van der Waals surface area (Å²) < 4.78 is 0. The maximum atomic E-state index is 5.89. The van der Waals surface area contributed by atoms with Crippen LogP contribution in [0.3, 0.4) is 0 Å². The van der Waals surface area contributed by atoms with Gasteiger partial charge in [0, 0.05) is 23.3 Å². The number of thiazole rings is 1. The summed E-state index contributed by atoms with van der Waals surface area (Å²) >= 11 is 1.71. The molecule has 1 atom stereocenters. The highest BCUT2D eigenvalue weighted by Gasteiger charge is 2.45. The number of hydrazine groups is 1. The van der Waals surface area contributed by atoms with Gasteiger partial charge in [0.15, 0.2) is 0 Å². The number of nitrogens with zero attached hydrogens (tertiary/aromatic N) is 1. The summed E-state index contributed by atoms with van der Waals surface area (Å²) in [5.41, 5.74) is 5.79. The van der Waals surface area contributed by atoms with Gasteiger partial charge < -0.3 is 0 Å². The fourth-order valence-electron chi connectivity index (χ4n) is 3.29. The zero-order valence-corrected chi connectivity index (χ0v) is 12.6. The maximum Gasteiger partial charge on any atom is 0.0897 e. The molecule has 1 aliphatic carbocycles. The zero-order chi connectivity index (χ0) is 14.0. The molecule has 3 N–H and O–H groups in total. The van der Waals surface area contributed by atoms with Crippen molar-refractivity contribution >= 4 is 11.3 Å². The first-order chi connectivity index (χ1) is 9.74. The van der Waals surface area contributed by atoms with E-state index in [0.29, 0.717) is 0 Å². The van der Waals surface area contributed by atoms with Gasteiger partial charge in [0.05, 0.1) is 10.7 Å². The van der Waals surface area contributed by atoms with Crippen LogP contribution in [-0.4, -0.2) is 11.0 Å². The molecule has 1 fully saturated rings. The lowest BCUT2D eigenvalue weighted by Gasteiger charge is -2.48. The second kappa shape index (κ2) is 5.64. The Morgan fingerprint density at radius 3 is 2.60 bits per heavy atom. The Kier molecular flexibility index (Phi) is 3.87. The van der Waals surface area contributed by atoms with Crippen LogP contribution in [0.25, 0.3) is 0 Å². The quantitative estimate of drug-likeness (QED) is 0.656. The van der Waals surface area contributed by atoms with Gasteiger partial charge in [0.2, 0.25) is 0 Å². The molecule has 3 rings (SSSR count). The van der Waals surface area contributed by atoms with E-state index in [-0.39, 0.29) is 11.5 Å². The monoisotopic (exact) mass is 287 g/mol. The van der Waals surface area contributed by atoms with Crippen molar-refractivity contribution in [2.75, 3.05) is 0 Å². The van der Waals surface area contributed by atoms with E-state index in [1.165, 1.54) is 24.8 Å². The molecule has 2 aromatic rings. The molecule has 1 unspecified atom stereocenters. The molecule has 4 heteroatoms. The Morgan fingerprint density at radius 1 is 1.35 bits per heavy atom. The Labute approximate surface area is 124 Å². The van der Waals surface area contributed by atoms with Gasteiger partial charge in [0.25, 0.3) is 0 Å². The van der Waals surface area contributed by atoms with Crippen molar-refractivity contribution in [3.63, 3.8) is 0 Å². The third kappa shape index (κ3) is 2.39. The van der Waals surface area contributed by atoms with E-state index in [1.807, 2.05) is 0 Å². The van der Waals surface area contributed by atoms with Gasteiger partial charge in [-0.2, -0.15) is 0 Å². The third-order valence-electron chi connectivity index (χ3n) is 4.54. The molecule has 0 bridgehead atoms. The Balaban J connectivity index is 1.86. The van der Waals surface area contributed by atoms with Crippen LogP contribution >= 0.6 is 11.3 Å². The van der Waals surface area contributed by atoms with Crippen molar-refractivity contribution < 1.29 is 0 Å². The minimum atomic E-state index is 0.174. The van der Waals surface area contributed by atoms with Crippen LogP contribution < -0.4 is 11.3 Å². The molecule has 0 saturated heterocycles. The highest BCUT2D eigenvalue weighted by molar-refractivity contribution is 7.09. The van der Waals surface area contributed by atoms with Crippen LogP contribution in [0.4, 0.5) is 0 Å². The molecule has 20 heavy (non-hydrogen) atoms. The van der Waals surface area contributed by atoms with E-state index in [4.69, 9.17) is 5.84 Å². The molecule has 1 aromatic carbocycles. The van der Waals surface area contributed by atoms with Crippen LogP contribution in [0.15, 0.2) is 35.7 Å². The number of benzene rings is 1. The first-order valence-electron chi connectivity index (χ1n) is 7.17. The number of aromatic nitrogens is 1. The van der Waals surface area contributed by atoms with Crippen LogP contribution in [0.5, 0.6) is 0 Å². The zero-order valence-electron chi connectivity index (χ0n) is 11.8. The SMILES string of the molecule is Cc1nc(CC(NN)C2(c3ccccc3)CCC2)cs1. The largest absolute Gasteiger partial charge is 0.271 e. The molecule has 1 saturated carbocycles. The smallest absolute Gasteiger partial charge is 0.0897 e. The standard InChI is InChI=1S/C16H21N3S/c1-12-18-14(11-20-12)10-15(19-17)16(8-5-9-16)13-6-3-2-4-7-13/h2-4,6-7,11,15,19H,5,8-10,17H2,1H3. The average Bonchev–Trinajstić information content (AvgIpc) is 2.83. The predicted octanol–water partition coefficient (Wildman–Crippen LogP) is 2.95. The molecule has 106 valence electrons. The molecular weight excluding hydrogens is 266 g/mol. The van der Waals surface area contributed by atoms with E-state index in [0.717, 1.165) is 17.1 Å². The van der Waals surface area contributed by atoms with E-state index in [1.54, 1.807) is 11.3 Å². The molecule has 0 amide bonds. The van der Waals surface area contributed by atoms with Gasteiger partial charge >= 0.3 is 0 Å². The number of hydrogen-bond acceptors (Lipinski definition) is 4. The fraction of sp³-hybridized carbons (Fsp3) is 0.438. The van der Waals surface area contributed by atoms with Gasteiger partial charge in [-0.15, -0.1) is 11.3 Å². The lowest BCUT2D eigenvalue weighted by molar-refractivity contribution is 0.167. The van der Waals surface area contributed by atoms with E-state index >= 15 is 0 Å². The highest BCUT2D eigenvalue weighted by Crippen LogP contribution is 2.47. The molecule has 3 nitrogen and oxygen atoms in total. The summed E-state index contributed by atoms with van der Waals surface area (Å²) in [5.74, 6) is 5.89. The Hall–Kier alpha value is -1.23. The van der Waals surface area contributed by atoms with Crippen molar-refractivity contribution in [3.05, 3.63) is 52.0 Å². The number of hydrogen-bond donors (Lipinski definition) is 2.